The molecule has 0 aliphatic rings. The van der Waals surface area contributed by atoms with Crippen LogP contribution >= 0.6 is 23.1 Å². The molecule has 0 fully saturated rings. The van der Waals surface area contributed by atoms with E-state index in [1.807, 2.05) is 24.1 Å². The van der Waals surface area contributed by atoms with Crippen molar-refractivity contribution in [2.24, 2.45) is 5.73 Å². The van der Waals surface area contributed by atoms with Gasteiger partial charge in [0.15, 0.2) is 5.13 Å². The Morgan fingerprint density at radius 1 is 1.69 bits per heavy atom. The number of nitrogens with zero attached hydrogens (tertiary/aromatic N) is 1. The molecule has 0 saturated carbocycles. The lowest BCUT2D eigenvalue weighted by atomic mass is 10.3. The van der Waals surface area contributed by atoms with Gasteiger partial charge in [-0.2, -0.15) is 11.8 Å². The zero-order valence-electron chi connectivity index (χ0n) is 7.69. The first kappa shape index (κ1) is 10.8. The maximum absolute atomic E-state index is 5.63. The summed E-state index contributed by atoms with van der Waals surface area (Å²) in [5, 5.41) is 2.66. The molecule has 0 bridgehead atoms. The van der Waals surface area contributed by atoms with Crippen molar-refractivity contribution < 1.29 is 0 Å². The summed E-state index contributed by atoms with van der Waals surface area (Å²) in [5.74, 6) is 2.04. The Kier molecular flexibility index (Phi) is 4.55. The molecule has 1 aromatic rings. The number of rotatable bonds is 5. The van der Waals surface area contributed by atoms with Gasteiger partial charge in [-0.1, -0.05) is 0 Å². The van der Waals surface area contributed by atoms with Gasteiger partial charge in [-0.3, -0.25) is 0 Å². The number of hydrogen-bond donors (Lipinski definition) is 2. The fourth-order valence-corrected chi connectivity index (χ4v) is 2.54. The monoisotopic (exact) mass is 217 g/mol. The van der Waals surface area contributed by atoms with Gasteiger partial charge in [-0.15, -0.1) is 11.3 Å². The number of aromatic nitrogens is 1. The SMILES string of the molecule is CC(N)CCSCc1csc(N)n1. The second-order valence-electron chi connectivity index (χ2n) is 3.00. The largest absolute Gasteiger partial charge is 0.375 e. The molecule has 1 rings (SSSR count). The number of nitrogens with two attached hydrogens (primary N) is 2. The summed E-state index contributed by atoms with van der Waals surface area (Å²) >= 11 is 3.35. The zero-order valence-corrected chi connectivity index (χ0v) is 9.33. The summed E-state index contributed by atoms with van der Waals surface area (Å²) in [7, 11) is 0. The Morgan fingerprint density at radius 2 is 2.46 bits per heavy atom. The summed E-state index contributed by atoms with van der Waals surface area (Å²) in [6, 6.07) is 0.299. The maximum atomic E-state index is 5.63. The first-order chi connectivity index (χ1) is 6.18. The van der Waals surface area contributed by atoms with E-state index in [0.717, 1.165) is 23.6 Å². The van der Waals surface area contributed by atoms with E-state index >= 15 is 0 Å². The molecule has 0 aliphatic carbocycles. The Labute approximate surface area is 86.9 Å². The van der Waals surface area contributed by atoms with Crippen LogP contribution in [0.15, 0.2) is 5.38 Å². The lowest BCUT2D eigenvalue weighted by Gasteiger charge is -2.02. The lowest BCUT2D eigenvalue weighted by Crippen LogP contribution is -2.15. The molecule has 1 atom stereocenters. The molecular formula is C8H15N3S2. The van der Waals surface area contributed by atoms with Gasteiger partial charge in [0.25, 0.3) is 0 Å². The molecule has 0 aliphatic heterocycles. The minimum Gasteiger partial charge on any atom is -0.375 e. The van der Waals surface area contributed by atoms with Crippen LogP contribution in [0.5, 0.6) is 0 Å². The molecule has 13 heavy (non-hydrogen) atoms. The summed E-state index contributed by atoms with van der Waals surface area (Å²) in [6.07, 6.45) is 1.06. The van der Waals surface area contributed by atoms with Gasteiger partial charge in [0.05, 0.1) is 5.69 Å². The van der Waals surface area contributed by atoms with Crippen molar-refractivity contribution in [3.05, 3.63) is 11.1 Å². The molecule has 0 saturated heterocycles. The van der Waals surface area contributed by atoms with Crippen molar-refractivity contribution in [3.8, 4) is 0 Å². The molecule has 74 valence electrons. The predicted octanol–water partition coefficient (Wildman–Crippen LogP) is 1.70. The van der Waals surface area contributed by atoms with Crippen LogP contribution in [-0.2, 0) is 5.75 Å². The van der Waals surface area contributed by atoms with Crippen LogP contribution < -0.4 is 11.5 Å². The number of thiazole rings is 1. The van der Waals surface area contributed by atoms with Crippen LogP contribution in [0.1, 0.15) is 19.0 Å². The van der Waals surface area contributed by atoms with E-state index in [0.29, 0.717) is 11.2 Å². The van der Waals surface area contributed by atoms with Crippen molar-refractivity contribution in [1.82, 2.24) is 4.98 Å². The van der Waals surface area contributed by atoms with Crippen LogP contribution in [0.3, 0.4) is 0 Å². The third kappa shape index (κ3) is 4.50. The molecular weight excluding hydrogens is 202 g/mol. The Balaban J connectivity index is 2.13. The lowest BCUT2D eigenvalue weighted by molar-refractivity contribution is 0.721. The van der Waals surface area contributed by atoms with Gasteiger partial charge in [-0.05, 0) is 19.1 Å². The topological polar surface area (TPSA) is 64.9 Å². The normalized spacial score (nSPS) is 13.1. The molecule has 0 radical (unpaired) electrons. The van der Waals surface area contributed by atoms with Crippen LogP contribution in [0.2, 0.25) is 0 Å². The van der Waals surface area contributed by atoms with E-state index in [-0.39, 0.29) is 0 Å². The average Bonchev–Trinajstić information content (AvgIpc) is 2.45. The van der Waals surface area contributed by atoms with E-state index in [9.17, 15) is 0 Å². The summed E-state index contributed by atoms with van der Waals surface area (Å²) in [5.41, 5.74) is 12.2. The minimum absolute atomic E-state index is 0.299. The second-order valence-corrected chi connectivity index (χ2v) is 4.99. The Bertz CT molecular complexity index is 247. The van der Waals surface area contributed by atoms with Crippen LogP contribution in [0.25, 0.3) is 0 Å². The first-order valence-corrected chi connectivity index (χ1v) is 6.25. The zero-order chi connectivity index (χ0) is 9.68. The quantitative estimate of drug-likeness (QED) is 0.737. The molecule has 1 unspecified atom stereocenters. The van der Waals surface area contributed by atoms with Gasteiger partial charge in [0.2, 0.25) is 0 Å². The van der Waals surface area contributed by atoms with E-state index < -0.39 is 0 Å². The minimum atomic E-state index is 0.299. The summed E-state index contributed by atoms with van der Waals surface area (Å²) in [6.45, 7) is 2.03. The van der Waals surface area contributed by atoms with Crippen molar-refractivity contribution in [2.45, 2.75) is 25.1 Å². The number of thioether (sulfide) groups is 1. The van der Waals surface area contributed by atoms with E-state index in [2.05, 4.69) is 4.98 Å². The van der Waals surface area contributed by atoms with Crippen LogP contribution in [0.4, 0.5) is 5.13 Å². The predicted molar refractivity (Wildman–Crippen MR) is 61.0 cm³/mol. The van der Waals surface area contributed by atoms with Gasteiger partial charge >= 0.3 is 0 Å². The first-order valence-electron chi connectivity index (χ1n) is 4.21. The van der Waals surface area contributed by atoms with Crippen molar-refractivity contribution >= 4 is 28.2 Å². The van der Waals surface area contributed by atoms with Gasteiger partial charge in [0.1, 0.15) is 0 Å². The van der Waals surface area contributed by atoms with E-state index in [1.165, 1.54) is 11.3 Å². The van der Waals surface area contributed by atoms with Crippen molar-refractivity contribution in [2.75, 3.05) is 11.5 Å². The maximum Gasteiger partial charge on any atom is 0.180 e. The highest BCUT2D eigenvalue weighted by atomic mass is 32.2. The molecule has 1 aromatic heterocycles. The van der Waals surface area contributed by atoms with Crippen LogP contribution in [-0.4, -0.2) is 16.8 Å². The highest BCUT2D eigenvalue weighted by Gasteiger charge is 1.99. The fraction of sp³-hybridized carbons (Fsp3) is 0.625. The average molecular weight is 217 g/mol. The molecule has 1 heterocycles. The molecule has 0 aromatic carbocycles. The fourth-order valence-electron chi connectivity index (χ4n) is 0.835. The summed E-state index contributed by atoms with van der Waals surface area (Å²) in [4.78, 5) is 4.17. The molecule has 3 nitrogen and oxygen atoms in total. The molecule has 5 heteroatoms. The van der Waals surface area contributed by atoms with Crippen molar-refractivity contribution in [1.29, 1.82) is 0 Å². The number of hydrogen-bond acceptors (Lipinski definition) is 5. The van der Waals surface area contributed by atoms with Gasteiger partial charge in [0, 0.05) is 17.2 Å². The third-order valence-corrected chi connectivity index (χ3v) is 3.28. The standard InChI is InChI=1S/C8H15N3S2/c1-6(9)2-3-12-4-7-5-13-8(10)11-7/h5-6H,2-4,9H2,1H3,(H2,10,11). The van der Waals surface area contributed by atoms with Gasteiger partial charge < -0.3 is 11.5 Å². The van der Waals surface area contributed by atoms with Crippen LogP contribution in [0, 0.1) is 0 Å². The number of anilines is 1. The molecule has 4 N–H and O–H groups in total. The molecule has 0 amide bonds. The molecule has 0 spiro atoms. The smallest absolute Gasteiger partial charge is 0.180 e. The Morgan fingerprint density at radius 3 is 3.00 bits per heavy atom. The van der Waals surface area contributed by atoms with Crippen molar-refractivity contribution in [3.63, 3.8) is 0 Å². The highest BCUT2D eigenvalue weighted by Crippen LogP contribution is 2.17. The Hall–Kier alpha value is -0.260. The third-order valence-electron chi connectivity index (χ3n) is 1.54. The van der Waals surface area contributed by atoms with Gasteiger partial charge in [-0.25, -0.2) is 4.98 Å². The van der Waals surface area contributed by atoms with E-state index in [4.69, 9.17) is 11.5 Å². The summed E-state index contributed by atoms with van der Waals surface area (Å²) < 4.78 is 0. The number of nitrogen functional groups attached to an aromatic ring is 1. The highest BCUT2D eigenvalue weighted by molar-refractivity contribution is 7.98. The second kappa shape index (κ2) is 5.47. The van der Waals surface area contributed by atoms with E-state index in [1.54, 1.807) is 0 Å².